The average Bonchev–Trinajstić information content (AvgIpc) is 1.91. The fourth-order valence-corrected chi connectivity index (χ4v) is 44.3. The Kier molecular flexibility index (Phi) is 6.74. The standard InChI is InChI=1S/C14H38AsSi4/c1-16(2,3)13(17(4,5)6)15-14(18(7,8)9)19(10,11)12/h13-14H,1-12H3. The van der Waals surface area contributed by atoms with Crippen molar-refractivity contribution in [3.63, 3.8) is 0 Å². The predicted octanol–water partition coefficient (Wildman–Crippen LogP) is 5.78. The van der Waals surface area contributed by atoms with Crippen molar-refractivity contribution in [1.29, 1.82) is 0 Å². The minimum absolute atomic E-state index is 0.556. The molecule has 0 saturated heterocycles. The van der Waals surface area contributed by atoms with Crippen molar-refractivity contribution in [2.75, 3.05) is 0 Å². The van der Waals surface area contributed by atoms with Crippen LogP contribution in [0.25, 0.3) is 0 Å². The molecule has 0 aliphatic carbocycles. The van der Waals surface area contributed by atoms with Crippen LogP contribution >= 0.6 is 0 Å². The third kappa shape index (κ3) is 6.81. The predicted molar refractivity (Wildman–Crippen MR) is 107 cm³/mol. The van der Waals surface area contributed by atoms with Crippen LogP contribution in [0.1, 0.15) is 0 Å². The van der Waals surface area contributed by atoms with Crippen LogP contribution < -0.4 is 0 Å². The summed E-state index contributed by atoms with van der Waals surface area (Å²) in [6, 6.07) is 0. The summed E-state index contributed by atoms with van der Waals surface area (Å²) in [6.45, 7) is 31.6. The Bertz CT molecular complexity index is 231. The molecule has 0 unspecified atom stereocenters. The molecule has 0 fully saturated rings. The van der Waals surface area contributed by atoms with Crippen LogP contribution in [0.3, 0.4) is 0 Å². The molecule has 0 rings (SSSR count). The van der Waals surface area contributed by atoms with Gasteiger partial charge in [0.1, 0.15) is 0 Å². The summed E-state index contributed by atoms with van der Waals surface area (Å²) in [4.78, 5) is 0. The maximum absolute atomic E-state index is 2.64. The molecule has 0 aromatic rings. The van der Waals surface area contributed by atoms with Crippen LogP contribution in [-0.2, 0) is 0 Å². The van der Waals surface area contributed by atoms with E-state index >= 15 is 0 Å². The zero-order chi connectivity index (χ0) is 15.9. The molecule has 0 nitrogen and oxygen atoms in total. The second-order valence-corrected chi connectivity index (χ2v) is 39.8. The Morgan fingerprint density at radius 3 is 0.684 bits per heavy atom. The van der Waals surface area contributed by atoms with Gasteiger partial charge in [-0.25, -0.2) is 0 Å². The summed E-state index contributed by atoms with van der Waals surface area (Å²) in [5, 5.41) is 0. The van der Waals surface area contributed by atoms with Gasteiger partial charge in [-0.1, -0.05) is 0 Å². The van der Waals surface area contributed by atoms with Gasteiger partial charge in [-0.3, -0.25) is 0 Å². The van der Waals surface area contributed by atoms with E-state index in [9.17, 15) is 0 Å². The molecule has 5 heteroatoms. The first kappa shape index (κ1) is 20.4. The molecule has 0 saturated carbocycles. The van der Waals surface area contributed by atoms with Crippen molar-refractivity contribution in [2.24, 2.45) is 0 Å². The molecular formula is C14H38AsSi4. The molecule has 0 heterocycles. The van der Waals surface area contributed by atoms with Gasteiger partial charge < -0.3 is 0 Å². The van der Waals surface area contributed by atoms with E-state index in [-0.39, 0.29) is 0 Å². The topological polar surface area (TPSA) is 0 Å². The van der Waals surface area contributed by atoms with Crippen LogP contribution in [0.2, 0.25) is 86.5 Å². The van der Waals surface area contributed by atoms with Gasteiger partial charge in [0, 0.05) is 0 Å². The van der Waals surface area contributed by atoms with Gasteiger partial charge >= 0.3 is 135 Å². The molecule has 0 aliphatic rings. The Morgan fingerprint density at radius 1 is 0.421 bits per heavy atom. The molecule has 0 bridgehead atoms. The fourth-order valence-electron chi connectivity index (χ4n) is 3.64. The molecule has 0 spiro atoms. The first-order chi connectivity index (χ1) is 7.97. The first-order valence-electron chi connectivity index (χ1n) is 7.67. The zero-order valence-corrected chi connectivity index (χ0v) is 21.5. The Balaban J connectivity index is 5.43. The number of hydrogen-bond donors (Lipinski definition) is 0. The van der Waals surface area contributed by atoms with Crippen molar-refractivity contribution < 1.29 is 0 Å². The molecule has 0 atom stereocenters. The van der Waals surface area contributed by atoms with Crippen molar-refractivity contribution in [2.45, 2.75) is 86.5 Å². The van der Waals surface area contributed by atoms with E-state index in [1.807, 2.05) is 0 Å². The molecule has 0 aromatic heterocycles. The SMILES string of the molecule is C[Si](C)(C)C([As]C([Si](C)(C)C)[Si](C)(C)C)[Si](C)(C)C. The number of hydrogen-bond acceptors (Lipinski definition) is 0. The summed E-state index contributed by atoms with van der Waals surface area (Å²) in [6.07, 6.45) is 0. The van der Waals surface area contributed by atoms with Crippen molar-refractivity contribution in [3.05, 3.63) is 0 Å². The van der Waals surface area contributed by atoms with Crippen LogP contribution in [0.5, 0.6) is 0 Å². The normalized spacial score (nSPS) is 15.5. The van der Waals surface area contributed by atoms with Crippen molar-refractivity contribution >= 4 is 48.0 Å². The van der Waals surface area contributed by atoms with Crippen LogP contribution in [0.15, 0.2) is 0 Å². The van der Waals surface area contributed by atoms with E-state index in [1.165, 1.54) is 7.90 Å². The van der Waals surface area contributed by atoms with Gasteiger partial charge in [-0.15, -0.1) is 0 Å². The van der Waals surface area contributed by atoms with E-state index in [4.69, 9.17) is 0 Å². The summed E-state index contributed by atoms with van der Waals surface area (Å²) in [5.74, 6) is 0. The first-order valence-corrected chi connectivity index (χ1v) is 24.1. The third-order valence-electron chi connectivity index (χ3n) is 3.58. The number of rotatable bonds is 6. The summed E-state index contributed by atoms with van der Waals surface area (Å²) in [5.41, 5.74) is 0. The summed E-state index contributed by atoms with van der Waals surface area (Å²) in [7, 11) is -3.98. The Morgan fingerprint density at radius 2 is 0.579 bits per heavy atom. The van der Waals surface area contributed by atoms with Gasteiger partial charge in [-0.2, -0.15) is 0 Å². The van der Waals surface area contributed by atoms with Crippen LogP contribution in [0.4, 0.5) is 0 Å². The fraction of sp³-hybridized carbons (Fsp3) is 1.00. The van der Waals surface area contributed by atoms with E-state index in [0.29, 0.717) is 15.8 Å². The summed E-state index contributed by atoms with van der Waals surface area (Å²) >= 11 is 0.556. The van der Waals surface area contributed by atoms with E-state index < -0.39 is 32.3 Å². The molecule has 0 aliphatic heterocycles. The Hall–Kier alpha value is 1.43. The van der Waals surface area contributed by atoms with Gasteiger partial charge in [-0.05, 0) is 0 Å². The quantitative estimate of drug-likeness (QED) is 0.502. The second-order valence-electron chi connectivity index (χ2n) is 10.4. The van der Waals surface area contributed by atoms with E-state index in [0.717, 1.165) is 0 Å². The molecule has 19 heavy (non-hydrogen) atoms. The van der Waals surface area contributed by atoms with Crippen molar-refractivity contribution in [3.8, 4) is 0 Å². The minimum atomic E-state index is -0.995. The van der Waals surface area contributed by atoms with Gasteiger partial charge in [0.15, 0.2) is 0 Å². The maximum atomic E-state index is 2.64. The third-order valence-corrected chi connectivity index (χ3v) is 44.4. The molecule has 0 amide bonds. The molecule has 115 valence electrons. The summed E-state index contributed by atoms with van der Waals surface area (Å²) < 4.78 is 2.36. The Labute approximate surface area is 134 Å². The van der Waals surface area contributed by atoms with Gasteiger partial charge in [0.05, 0.1) is 0 Å². The monoisotopic (exact) mass is 393 g/mol. The van der Waals surface area contributed by atoms with Crippen molar-refractivity contribution in [1.82, 2.24) is 0 Å². The van der Waals surface area contributed by atoms with E-state index in [2.05, 4.69) is 78.6 Å². The second kappa shape index (κ2) is 6.27. The molecule has 0 N–H and O–H groups in total. The van der Waals surface area contributed by atoms with E-state index in [1.54, 1.807) is 0 Å². The molecule has 0 aromatic carbocycles. The van der Waals surface area contributed by atoms with Crippen LogP contribution in [0, 0.1) is 0 Å². The van der Waals surface area contributed by atoms with Gasteiger partial charge in [0.25, 0.3) is 0 Å². The molecular weight excluding hydrogens is 355 g/mol. The van der Waals surface area contributed by atoms with Crippen LogP contribution in [-0.4, -0.2) is 48.0 Å². The molecule has 1 radical (unpaired) electrons. The average molecular weight is 394 g/mol. The zero-order valence-electron chi connectivity index (χ0n) is 15.6. The van der Waals surface area contributed by atoms with Gasteiger partial charge in [0.2, 0.25) is 0 Å².